The molecule has 1 amide bonds. The minimum absolute atomic E-state index is 0.0800. The highest BCUT2D eigenvalue weighted by Gasteiger charge is 2.09. The number of ether oxygens (including phenoxy) is 2. The minimum atomic E-state index is -0.0800. The van der Waals surface area contributed by atoms with Crippen LogP contribution < -0.4 is 10.1 Å². The van der Waals surface area contributed by atoms with Gasteiger partial charge in [-0.25, -0.2) is 0 Å². The molecule has 0 spiro atoms. The van der Waals surface area contributed by atoms with Crippen molar-refractivity contribution in [1.82, 2.24) is 10.2 Å². The van der Waals surface area contributed by atoms with Crippen molar-refractivity contribution in [1.29, 1.82) is 0 Å². The summed E-state index contributed by atoms with van der Waals surface area (Å²) >= 11 is 0. The lowest BCUT2D eigenvalue weighted by atomic mass is 10.2. The molecule has 0 radical (unpaired) electrons. The second-order valence-corrected chi connectivity index (χ2v) is 5.46. The zero-order valence-corrected chi connectivity index (χ0v) is 13.8. The van der Waals surface area contributed by atoms with Gasteiger partial charge < -0.3 is 14.8 Å². The van der Waals surface area contributed by atoms with E-state index in [1.54, 1.807) is 12.2 Å². The van der Waals surface area contributed by atoms with Crippen LogP contribution in [0.5, 0.6) is 5.75 Å². The molecule has 1 heterocycles. The Balaban J connectivity index is 1.76. The van der Waals surface area contributed by atoms with E-state index in [0.29, 0.717) is 13.2 Å². The Kier molecular flexibility index (Phi) is 7.63. The van der Waals surface area contributed by atoms with E-state index in [2.05, 4.69) is 17.1 Å². The first-order valence-corrected chi connectivity index (χ1v) is 8.27. The SMILES string of the molecule is CCCOc1ccccc1/C=C/C(=O)NCCN1CCOCC1. The van der Waals surface area contributed by atoms with Crippen LogP contribution in [0.3, 0.4) is 0 Å². The van der Waals surface area contributed by atoms with Gasteiger partial charge in [0.15, 0.2) is 0 Å². The second kappa shape index (κ2) is 10.0. The highest BCUT2D eigenvalue weighted by atomic mass is 16.5. The highest BCUT2D eigenvalue weighted by Crippen LogP contribution is 2.19. The largest absolute Gasteiger partial charge is 0.493 e. The number of carbonyl (C=O) groups is 1. The average Bonchev–Trinajstić information content (AvgIpc) is 2.60. The van der Waals surface area contributed by atoms with Crippen molar-refractivity contribution in [2.45, 2.75) is 13.3 Å². The Hall–Kier alpha value is -1.85. The van der Waals surface area contributed by atoms with Gasteiger partial charge in [0.1, 0.15) is 5.75 Å². The molecule has 23 heavy (non-hydrogen) atoms. The van der Waals surface area contributed by atoms with E-state index in [4.69, 9.17) is 9.47 Å². The van der Waals surface area contributed by atoms with E-state index < -0.39 is 0 Å². The lowest BCUT2D eigenvalue weighted by Crippen LogP contribution is -2.41. The summed E-state index contributed by atoms with van der Waals surface area (Å²) in [4.78, 5) is 14.2. The molecule has 1 aliphatic rings. The van der Waals surface area contributed by atoms with Crippen LogP contribution in [0.2, 0.25) is 0 Å². The molecular formula is C18H26N2O3. The lowest BCUT2D eigenvalue weighted by molar-refractivity contribution is -0.116. The second-order valence-electron chi connectivity index (χ2n) is 5.46. The van der Waals surface area contributed by atoms with E-state index in [0.717, 1.165) is 50.6 Å². The van der Waals surface area contributed by atoms with Gasteiger partial charge in [-0.1, -0.05) is 25.1 Å². The summed E-state index contributed by atoms with van der Waals surface area (Å²) in [6.07, 6.45) is 4.32. The summed E-state index contributed by atoms with van der Waals surface area (Å²) in [7, 11) is 0. The Labute approximate surface area is 138 Å². The number of nitrogens with one attached hydrogen (secondary N) is 1. The first-order chi connectivity index (χ1) is 11.3. The number of nitrogens with zero attached hydrogens (tertiary/aromatic N) is 1. The van der Waals surface area contributed by atoms with Crippen LogP contribution in [0.25, 0.3) is 6.08 Å². The van der Waals surface area contributed by atoms with Crippen LogP contribution >= 0.6 is 0 Å². The van der Waals surface area contributed by atoms with Crippen molar-refractivity contribution in [3.8, 4) is 5.75 Å². The van der Waals surface area contributed by atoms with E-state index >= 15 is 0 Å². The summed E-state index contributed by atoms with van der Waals surface area (Å²) in [6.45, 7) is 7.69. The zero-order chi connectivity index (χ0) is 16.3. The molecule has 1 fully saturated rings. The number of hydrogen-bond acceptors (Lipinski definition) is 4. The molecule has 1 N–H and O–H groups in total. The normalized spacial score (nSPS) is 15.7. The van der Waals surface area contributed by atoms with Gasteiger partial charge >= 0.3 is 0 Å². The maximum atomic E-state index is 11.9. The summed E-state index contributed by atoms with van der Waals surface area (Å²) in [5, 5.41) is 2.91. The maximum Gasteiger partial charge on any atom is 0.244 e. The third-order valence-corrected chi connectivity index (χ3v) is 3.63. The van der Waals surface area contributed by atoms with Crippen LogP contribution in [0.1, 0.15) is 18.9 Å². The first kappa shape index (κ1) is 17.5. The molecule has 5 heteroatoms. The molecule has 5 nitrogen and oxygen atoms in total. The molecule has 1 saturated heterocycles. The van der Waals surface area contributed by atoms with Crippen LogP contribution in [0.4, 0.5) is 0 Å². The Bertz CT molecular complexity index is 511. The Morgan fingerprint density at radius 1 is 1.35 bits per heavy atom. The van der Waals surface area contributed by atoms with Crippen molar-refractivity contribution in [3.05, 3.63) is 35.9 Å². The van der Waals surface area contributed by atoms with Gasteiger partial charge in [-0.3, -0.25) is 9.69 Å². The molecule has 1 aromatic rings. The minimum Gasteiger partial charge on any atom is -0.493 e. The third-order valence-electron chi connectivity index (χ3n) is 3.63. The lowest BCUT2D eigenvalue weighted by Gasteiger charge is -2.26. The summed E-state index contributed by atoms with van der Waals surface area (Å²) < 4.78 is 11.0. The maximum absolute atomic E-state index is 11.9. The number of para-hydroxylation sites is 1. The Morgan fingerprint density at radius 2 is 2.13 bits per heavy atom. The molecule has 126 valence electrons. The molecule has 0 aliphatic carbocycles. The molecule has 1 aromatic carbocycles. The topological polar surface area (TPSA) is 50.8 Å². The first-order valence-electron chi connectivity index (χ1n) is 8.27. The van der Waals surface area contributed by atoms with Crippen molar-refractivity contribution < 1.29 is 14.3 Å². The third kappa shape index (κ3) is 6.42. The van der Waals surface area contributed by atoms with Crippen molar-refractivity contribution in [3.63, 3.8) is 0 Å². The number of benzene rings is 1. The number of hydrogen-bond donors (Lipinski definition) is 1. The Morgan fingerprint density at radius 3 is 2.91 bits per heavy atom. The van der Waals surface area contributed by atoms with Gasteiger partial charge in [0, 0.05) is 37.8 Å². The monoisotopic (exact) mass is 318 g/mol. The average molecular weight is 318 g/mol. The van der Waals surface area contributed by atoms with E-state index in [1.807, 2.05) is 24.3 Å². The van der Waals surface area contributed by atoms with Crippen molar-refractivity contribution >= 4 is 12.0 Å². The molecule has 0 saturated carbocycles. The van der Waals surface area contributed by atoms with E-state index in [-0.39, 0.29) is 5.91 Å². The molecule has 0 atom stereocenters. The molecule has 0 bridgehead atoms. The molecule has 0 aromatic heterocycles. The molecule has 2 rings (SSSR count). The molecule has 1 aliphatic heterocycles. The number of morpholine rings is 1. The molecule has 0 unspecified atom stereocenters. The predicted octanol–water partition coefficient (Wildman–Crippen LogP) is 1.94. The van der Waals surface area contributed by atoms with Crippen LogP contribution in [0, 0.1) is 0 Å². The summed E-state index contributed by atoms with van der Waals surface area (Å²) in [5.41, 5.74) is 0.921. The van der Waals surface area contributed by atoms with Crippen molar-refractivity contribution in [2.75, 3.05) is 46.0 Å². The van der Waals surface area contributed by atoms with E-state index in [1.165, 1.54) is 0 Å². The van der Waals surface area contributed by atoms with Gasteiger partial charge in [0.2, 0.25) is 5.91 Å². The van der Waals surface area contributed by atoms with Gasteiger partial charge in [-0.15, -0.1) is 0 Å². The molecular weight excluding hydrogens is 292 g/mol. The smallest absolute Gasteiger partial charge is 0.244 e. The van der Waals surface area contributed by atoms with Gasteiger partial charge in [-0.2, -0.15) is 0 Å². The quantitative estimate of drug-likeness (QED) is 0.744. The fourth-order valence-corrected chi connectivity index (χ4v) is 2.35. The highest BCUT2D eigenvalue weighted by molar-refractivity contribution is 5.92. The predicted molar refractivity (Wildman–Crippen MR) is 91.5 cm³/mol. The van der Waals surface area contributed by atoms with Gasteiger partial charge in [0.25, 0.3) is 0 Å². The zero-order valence-electron chi connectivity index (χ0n) is 13.8. The summed E-state index contributed by atoms with van der Waals surface area (Å²) in [6, 6.07) is 7.74. The fraction of sp³-hybridized carbons (Fsp3) is 0.500. The fourth-order valence-electron chi connectivity index (χ4n) is 2.35. The van der Waals surface area contributed by atoms with Crippen molar-refractivity contribution in [2.24, 2.45) is 0 Å². The standard InChI is InChI=1S/C18H26N2O3/c1-2-13-23-17-6-4-3-5-16(17)7-8-18(21)19-9-10-20-11-14-22-15-12-20/h3-8H,2,9-15H2,1H3,(H,19,21)/b8-7+. The van der Waals surface area contributed by atoms with Gasteiger partial charge in [0.05, 0.1) is 19.8 Å². The van der Waals surface area contributed by atoms with Crippen LogP contribution in [-0.4, -0.2) is 56.8 Å². The summed E-state index contributed by atoms with van der Waals surface area (Å²) in [5.74, 6) is 0.732. The number of amides is 1. The number of rotatable bonds is 8. The van der Waals surface area contributed by atoms with Crippen LogP contribution in [0.15, 0.2) is 30.3 Å². The number of carbonyl (C=O) groups excluding carboxylic acids is 1. The van der Waals surface area contributed by atoms with Gasteiger partial charge in [-0.05, 0) is 18.6 Å². The van der Waals surface area contributed by atoms with E-state index in [9.17, 15) is 4.79 Å². The van der Waals surface area contributed by atoms with Crippen LogP contribution in [-0.2, 0) is 9.53 Å².